The largest absolute Gasteiger partial charge is 0.508 e. The number of amides is 2. The number of likely N-dealkylation sites (tertiary alicyclic amines) is 1. The van der Waals surface area contributed by atoms with Gasteiger partial charge in [-0.1, -0.05) is 12.1 Å². The van der Waals surface area contributed by atoms with Gasteiger partial charge in [-0.3, -0.25) is 9.59 Å². The van der Waals surface area contributed by atoms with E-state index in [0.717, 1.165) is 11.3 Å². The number of phenols is 1. The summed E-state index contributed by atoms with van der Waals surface area (Å²) >= 11 is 0. The zero-order chi connectivity index (χ0) is 22.2. The van der Waals surface area contributed by atoms with Gasteiger partial charge in [0.1, 0.15) is 17.2 Å². The standard InChI is InChI=1S/C24H30N2O5/c1-3-30-21-8-4-18(5-9-21)16-23(28)25-19-12-14-26(15-13-19)24(29)17(2)31-22-10-6-20(27)7-11-22/h4-11,17,19,27H,3,12-16H2,1-2H3,(H,25,28). The molecule has 1 atom stereocenters. The van der Waals surface area contributed by atoms with Crippen molar-refractivity contribution in [1.29, 1.82) is 0 Å². The molecule has 1 aliphatic heterocycles. The molecule has 1 aliphatic rings. The molecule has 0 radical (unpaired) electrons. The summed E-state index contributed by atoms with van der Waals surface area (Å²) in [6, 6.07) is 13.9. The monoisotopic (exact) mass is 426 g/mol. The highest BCUT2D eigenvalue weighted by Crippen LogP contribution is 2.19. The molecule has 0 spiro atoms. The lowest BCUT2D eigenvalue weighted by atomic mass is 10.0. The summed E-state index contributed by atoms with van der Waals surface area (Å²) in [5.74, 6) is 1.39. The second kappa shape index (κ2) is 10.7. The van der Waals surface area contributed by atoms with Crippen LogP contribution in [0.3, 0.4) is 0 Å². The molecule has 3 rings (SSSR count). The third-order valence-electron chi connectivity index (χ3n) is 5.27. The Balaban J connectivity index is 1.41. The minimum atomic E-state index is -0.615. The molecule has 1 saturated heterocycles. The van der Waals surface area contributed by atoms with Gasteiger partial charge >= 0.3 is 0 Å². The molecule has 2 N–H and O–H groups in total. The van der Waals surface area contributed by atoms with Gasteiger partial charge in [0, 0.05) is 19.1 Å². The first-order chi connectivity index (χ1) is 14.9. The zero-order valence-corrected chi connectivity index (χ0v) is 18.0. The SMILES string of the molecule is CCOc1ccc(CC(=O)NC2CCN(C(=O)C(C)Oc3ccc(O)cc3)CC2)cc1. The first-order valence-corrected chi connectivity index (χ1v) is 10.7. The molecule has 2 aromatic carbocycles. The topological polar surface area (TPSA) is 88.1 Å². The van der Waals surface area contributed by atoms with E-state index in [1.54, 1.807) is 24.0 Å². The summed E-state index contributed by atoms with van der Waals surface area (Å²) in [4.78, 5) is 26.8. The number of aromatic hydroxyl groups is 1. The third-order valence-corrected chi connectivity index (χ3v) is 5.27. The van der Waals surface area contributed by atoms with Crippen LogP contribution in [0.5, 0.6) is 17.2 Å². The number of piperidine rings is 1. The average Bonchev–Trinajstić information content (AvgIpc) is 2.77. The van der Waals surface area contributed by atoms with Gasteiger partial charge in [0.2, 0.25) is 5.91 Å². The fraction of sp³-hybridized carbons (Fsp3) is 0.417. The van der Waals surface area contributed by atoms with Crippen LogP contribution in [0.25, 0.3) is 0 Å². The lowest BCUT2D eigenvalue weighted by Crippen LogP contribution is -2.49. The molecule has 1 heterocycles. The molecule has 0 saturated carbocycles. The van der Waals surface area contributed by atoms with Crippen molar-refractivity contribution in [2.75, 3.05) is 19.7 Å². The Kier molecular flexibility index (Phi) is 7.76. The Labute approximate surface area is 183 Å². The van der Waals surface area contributed by atoms with E-state index in [1.807, 2.05) is 31.2 Å². The molecule has 1 unspecified atom stereocenters. The van der Waals surface area contributed by atoms with Crippen LogP contribution in [0, 0.1) is 0 Å². The molecule has 1 fully saturated rings. The normalized spacial score (nSPS) is 15.2. The van der Waals surface area contributed by atoms with Crippen molar-refractivity contribution in [2.24, 2.45) is 0 Å². The summed E-state index contributed by atoms with van der Waals surface area (Å²) in [5.41, 5.74) is 0.939. The molecule has 0 bridgehead atoms. The van der Waals surface area contributed by atoms with Crippen LogP contribution >= 0.6 is 0 Å². The fourth-order valence-electron chi connectivity index (χ4n) is 3.61. The summed E-state index contributed by atoms with van der Waals surface area (Å²) < 4.78 is 11.1. The van der Waals surface area contributed by atoms with Crippen molar-refractivity contribution < 1.29 is 24.2 Å². The van der Waals surface area contributed by atoms with Gasteiger partial charge in [0.25, 0.3) is 5.91 Å². The first-order valence-electron chi connectivity index (χ1n) is 10.7. The highest BCUT2D eigenvalue weighted by atomic mass is 16.5. The van der Waals surface area contributed by atoms with Gasteiger partial charge < -0.3 is 24.8 Å². The van der Waals surface area contributed by atoms with Gasteiger partial charge in [-0.05, 0) is 68.7 Å². The molecular weight excluding hydrogens is 396 g/mol. The van der Waals surface area contributed by atoms with Crippen molar-refractivity contribution in [2.45, 2.75) is 45.3 Å². The number of nitrogens with one attached hydrogen (secondary N) is 1. The van der Waals surface area contributed by atoms with Crippen molar-refractivity contribution in [1.82, 2.24) is 10.2 Å². The summed E-state index contributed by atoms with van der Waals surface area (Å²) in [6.07, 6.45) is 1.14. The third kappa shape index (κ3) is 6.64. The lowest BCUT2D eigenvalue weighted by Gasteiger charge is -2.33. The van der Waals surface area contributed by atoms with E-state index < -0.39 is 6.10 Å². The summed E-state index contributed by atoms with van der Waals surface area (Å²) in [5, 5.41) is 12.4. The Bertz CT molecular complexity index is 859. The van der Waals surface area contributed by atoms with Crippen LogP contribution in [0.15, 0.2) is 48.5 Å². The molecule has 7 nitrogen and oxygen atoms in total. The maximum atomic E-state index is 12.7. The van der Waals surface area contributed by atoms with Gasteiger partial charge in [-0.2, -0.15) is 0 Å². The van der Waals surface area contributed by atoms with Crippen LogP contribution in [0.1, 0.15) is 32.3 Å². The first kappa shape index (κ1) is 22.5. The van der Waals surface area contributed by atoms with E-state index in [4.69, 9.17) is 9.47 Å². The predicted molar refractivity (Wildman–Crippen MR) is 117 cm³/mol. The number of ether oxygens (including phenoxy) is 2. The minimum Gasteiger partial charge on any atom is -0.508 e. The van der Waals surface area contributed by atoms with E-state index in [9.17, 15) is 14.7 Å². The number of nitrogens with zero attached hydrogens (tertiary/aromatic N) is 1. The van der Waals surface area contributed by atoms with E-state index in [-0.39, 0.29) is 23.6 Å². The molecule has 2 amide bonds. The summed E-state index contributed by atoms with van der Waals surface area (Å²) in [6.45, 7) is 5.43. The van der Waals surface area contributed by atoms with Gasteiger partial charge in [-0.25, -0.2) is 0 Å². The van der Waals surface area contributed by atoms with Crippen LogP contribution in [-0.2, 0) is 16.0 Å². The molecule has 7 heteroatoms. The van der Waals surface area contributed by atoms with Crippen molar-refractivity contribution in [3.63, 3.8) is 0 Å². The van der Waals surface area contributed by atoms with Crippen LogP contribution < -0.4 is 14.8 Å². The van der Waals surface area contributed by atoms with Gasteiger partial charge in [-0.15, -0.1) is 0 Å². The van der Waals surface area contributed by atoms with E-state index in [1.165, 1.54) is 12.1 Å². The number of rotatable bonds is 8. The van der Waals surface area contributed by atoms with Crippen LogP contribution in [-0.4, -0.2) is 53.7 Å². The predicted octanol–water partition coefficient (Wildman–Crippen LogP) is 2.91. The quantitative estimate of drug-likeness (QED) is 0.678. The number of carbonyl (C=O) groups is 2. The maximum Gasteiger partial charge on any atom is 0.263 e. The van der Waals surface area contributed by atoms with Crippen molar-refractivity contribution in [3.8, 4) is 17.2 Å². The molecule has 31 heavy (non-hydrogen) atoms. The number of carbonyl (C=O) groups excluding carboxylic acids is 2. The zero-order valence-electron chi connectivity index (χ0n) is 18.0. The lowest BCUT2D eigenvalue weighted by molar-refractivity contribution is -0.139. The second-order valence-electron chi connectivity index (χ2n) is 7.67. The van der Waals surface area contributed by atoms with Crippen molar-refractivity contribution in [3.05, 3.63) is 54.1 Å². The van der Waals surface area contributed by atoms with Crippen LogP contribution in [0.4, 0.5) is 0 Å². The van der Waals surface area contributed by atoms with Gasteiger partial charge in [0.05, 0.1) is 13.0 Å². The van der Waals surface area contributed by atoms with E-state index in [0.29, 0.717) is 44.7 Å². The Morgan fingerprint density at radius 1 is 1.06 bits per heavy atom. The highest BCUT2D eigenvalue weighted by molar-refractivity contribution is 5.81. The summed E-state index contributed by atoms with van der Waals surface area (Å²) in [7, 11) is 0. The number of benzene rings is 2. The number of hydrogen-bond acceptors (Lipinski definition) is 5. The Hall–Kier alpha value is -3.22. The minimum absolute atomic E-state index is 0.0158. The molecule has 166 valence electrons. The molecule has 0 aromatic heterocycles. The Morgan fingerprint density at radius 3 is 2.29 bits per heavy atom. The highest BCUT2D eigenvalue weighted by Gasteiger charge is 2.27. The van der Waals surface area contributed by atoms with E-state index >= 15 is 0 Å². The van der Waals surface area contributed by atoms with Crippen molar-refractivity contribution >= 4 is 11.8 Å². The van der Waals surface area contributed by atoms with Crippen LogP contribution in [0.2, 0.25) is 0 Å². The second-order valence-corrected chi connectivity index (χ2v) is 7.67. The maximum absolute atomic E-state index is 12.7. The van der Waals surface area contributed by atoms with Gasteiger partial charge in [0.15, 0.2) is 6.10 Å². The molecule has 0 aliphatic carbocycles. The Morgan fingerprint density at radius 2 is 1.68 bits per heavy atom. The molecule has 2 aromatic rings. The number of phenolic OH excluding ortho intramolecular Hbond substituents is 1. The molecular formula is C24H30N2O5. The average molecular weight is 427 g/mol. The fourth-order valence-corrected chi connectivity index (χ4v) is 3.61. The van der Waals surface area contributed by atoms with E-state index in [2.05, 4.69) is 5.32 Å². The number of hydrogen-bond donors (Lipinski definition) is 2. The smallest absolute Gasteiger partial charge is 0.263 e.